The third kappa shape index (κ3) is 5.94. The normalized spacial score (nSPS) is 13.6. The molecule has 1 aliphatic heterocycles. The minimum atomic E-state index is 0.424. The average Bonchev–Trinajstić information content (AvgIpc) is 2.97. The van der Waals surface area contributed by atoms with E-state index in [0.29, 0.717) is 46.5 Å². The number of fused-ring (bicyclic) bond motifs is 1. The highest BCUT2D eigenvalue weighted by molar-refractivity contribution is 5.99. The number of hydrogen-bond acceptors (Lipinski definition) is 9. The molecule has 0 spiro atoms. The van der Waals surface area contributed by atoms with Gasteiger partial charge in [0.15, 0.2) is 11.5 Å². The van der Waals surface area contributed by atoms with Gasteiger partial charge in [0.1, 0.15) is 17.3 Å². The predicted molar refractivity (Wildman–Crippen MR) is 144 cm³/mol. The second-order valence-electron chi connectivity index (χ2n) is 8.73. The number of aromatic nitrogens is 2. The number of nitrogens with one attached hydrogen (secondary N) is 1. The van der Waals surface area contributed by atoms with E-state index in [-0.39, 0.29) is 0 Å². The van der Waals surface area contributed by atoms with Crippen LogP contribution in [0.4, 0.5) is 11.4 Å². The SMILES string of the molecule is COc1c(OCCCN2CCOCC2)ccc2c(Nc3ccc(Oc4ccccn4)cc3)c(C#N)cnc12. The van der Waals surface area contributed by atoms with Crippen LogP contribution >= 0.6 is 0 Å². The minimum absolute atomic E-state index is 0.424. The van der Waals surface area contributed by atoms with Crippen molar-refractivity contribution in [1.29, 1.82) is 5.26 Å². The van der Waals surface area contributed by atoms with E-state index in [1.54, 1.807) is 25.6 Å². The van der Waals surface area contributed by atoms with Gasteiger partial charge in [0, 0.05) is 49.2 Å². The number of methoxy groups -OCH3 is 1. The number of morpholine rings is 1. The maximum absolute atomic E-state index is 9.77. The molecule has 4 aromatic rings. The zero-order chi connectivity index (χ0) is 26.2. The molecule has 0 saturated carbocycles. The molecule has 0 atom stereocenters. The number of benzene rings is 2. The lowest BCUT2D eigenvalue weighted by Gasteiger charge is -2.26. The average molecular weight is 512 g/mol. The molecule has 0 radical (unpaired) electrons. The first-order chi connectivity index (χ1) is 18.7. The Bertz CT molecular complexity index is 1400. The van der Waals surface area contributed by atoms with E-state index in [9.17, 15) is 5.26 Å². The summed E-state index contributed by atoms with van der Waals surface area (Å²) in [6.07, 6.45) is 4.13. The fraction of sp³-hybridized carbons (Fsp3) is 0.276. The van der Waals surface area contributed by atoms with E-state index >= 15 is 0 Å². The molecule has 0 aliphatic carbocycles. The standard InChI is InChI=1S/C29H29N5O4/c1-35-29-25(37-16-4-13-34-14-17-36-18-15-34)11-10-24-27(21(19-30)20-32-28(24)29)33-22-6-8-23(9-7-22)38-26-5-2-3-12-31-26/h2-3,5-12,20H,4,13-18H2,1H3,(H,32,33). The van der Waals surface area contributed by atoms with E-state index in [0.717, 1.165) is 50.3 Å². The van der Waals surface area contributed by atoms with Crippen molar-refractivity contribution in [3.05, 3.63) is 72.6 Å². The van der Waals surface area contributed by atoms with Crippen LogP contribution in [0.15, 0.2) is 67.0 Å². The smallest absolute Gasteiger partial charge is 0.219 e. The van der Waals surface area contributed by atoms with Gasteiger partial charge in [-0.15, -0.1) is 0 Å². The van der Waals surface area contributed by atoms with Crippen LogP contribution in [0.2, 0.25) is 0 Å². The molecule has 0 amide bonds. The number of nitrogens with zero attached hydrogens (tertiary/aromatic N) is 4. The molecule has 1 aliphatic rings. The fourth-order valence-electron chi connectivity index (χ4n) is 4.33. The number of anilines is 2. The summed E-state index contributed by atoms with van der Waals surface area (Å²) < 4.78 is 23.0. The van der Waals surface area contributed by atoms with Gasteiger partial charge in [-0.2, -0.15) is 5.26 Å². The molecule has 9 nitrogen and oxygen atoms in total. The van der Waals surface area contributed by atoms with E-state index in [1.165, 1.54) is 0 Å². The second-order valence-corrected chi connectivity index (χ2v) is 8.73. The molecule has 1 N–H and O–H groups in total. The number of nitriles is 1. The maximum atomic E-state index is 9.77. The second kappa shape index (κ2) is 12.2. The van der Waals surface area contributed by atoms with Crippen molar-refractivity contribution in [2.45, 2.75) is 6.42 Å². The van der Waals surface area contributed by atoms with Crippen molar-refractivity contribution in [2.24, 2.45) is 0 Å². The number of rotatable bonds is 10. The van der Waals surface area contributed by atoms with Gasteiger partial charge in [-0.05, 0) is 48.9 Å². The molecule has 1 fully saturated rings. The summed E-state index contributed by atoms with van der Waals surface area (Å²) >= 11 is 0. The number of pyridine rings is 2. The van der Waals surface area contributed by atoms with Crippen LogP contribution in [0.25, 0.3) is 10.9 Å². The quantitative estimate of drug-likeness (QED) is 0.290. The van der Waals surface area contributed by atoms with Crippen molar-refractivity contribution < 1.29 is 18.9 Å². The van der Waals surface area contributed by atoms with Crippen molar-refractivity contribution in [1.82, 2.24) is 14.9 Å². The van der Waals surface area contributed by atoms with E-state index in [2.05, 4.69) is 26.3 Å². The van der Waals surface area contributed by atoms with Gasteiger partial charge in [-0.25, -0.2) is 4.98 Å². The molecule has 9 heteroatoms. The lowest BCUT2D eigenvalue weighted by Crippen LogP contribution is -2.37. The Kier molecular flexibility index (Phi) is 8.13. The zero-order valence-electron chi connectivity index (χ0n) is 21.2. The summed E-state index contributed by atoms with van der Waals surface area (Å²) in [6, 6.07) is 19.0. The van der Waals surface area contributed by atoms with Crippen molar-refractivity contribution in [2.75, 3.05) is 51.9 Å². The molecule has 5 rings (SSSR count). The lowest BCUT2D eigenvalue weighted by molar-refractivity contribution is 0.0357. The third-order valence-electron chi connectivity index (χ3n) is 6.25. The Morgan fingerprint density at radius 1 is 1.05 bits per heavy atom. The van der Waals surface area contributed by atoms with Gasteiger partial charge in [0.2, 0.25) is 5.88 Å². The van der Waals surface area contributed by atoms with Crippen LogP contribution < -0.4 is 19.5 Å². The summed E-state index contributed by atoms with van der Waals surface area (Å²) in [5.74, 6) is 2.35. The zero-order valence-corrected chi connectivity index (χ0v) is 21.2. The largest absolute Gasteiger partial charge is 0.491 e. The Morgan fingerprint density at radius 2 is 1.89 bits per heavy atom. The first-order valence-corrected chi connectivity index (χ1v) is 12.5. The number of ether oxygens (including phenoxy) is 4. The van der Waals surface area contributed by atoms with Gasteiger partial charge in [-0.1, -0.05) is 6.07 Å². The molecule has 0 unspecified atom stereocenters. The molecule has 194 valence electrons. The Morgan fingerprint density at radius 3 is 2.63 bits per heavy atom. The topological polar surface area (TPSA) is 102 Å². The maximum Gasteiger partial charge on any atom is 0.219 e. The van der Waals surface area contributed by atoms with E-state index < -0.39 is 0 Å². The first kappa shape index (κ1) is 25.3. The lowest BCUT2D eigenvalue weighted by atomic mass is 10.1. The van der Waals surface area contributed by atoms with Crippen LogP contribution in [0, 0.1) is 11.3 Å². The highest BCUT2D eigenvalue weighted by Gasteiger charge is 2.17. The molecule has 3 heterocycles. The molecule has 1 saturated heterocycles. The van der Waals surface area contributed by atoms with Crippen LogP contribution in [0.1, 0.15) is 12.0 Å². The fourth-order valence-corrected chi connectivity index (χ4v) is 4.33. The molecule has 2 aromatic heterocycles. The third-order valence-corrected chi connectivity index (χ3v) is 6.25. The van der Waals surface area contributed by atoms with E-state index in [4.69, 9.17) is 18.9 Å². The van der Waals surface area contributed by atoms with E-state index in [1.807, 2.05) is 48.5 Å². The van der Waals surface area contributed by atoms with Gasteiger partial charge >= 0.3 is 0 Å². The predicted octanol–water partition coefficient (Wildman–Crippen LogP) is 5.15. The minimum Gasteiger partial charge on any atom is -0.491 e. The highest BCUT2D eigenvalue weighted by atomic mass is 16.5. The monoisotopic (exact) mass is 511 g/mol. The van der Waals surface area contributed by atoms with Gasteiger partial charge < -0.3 is 24.3 Å². The Labute approximate surface area is 221 Å². The van der Waals surface area contributed by atoms with Crippen molar-refractivity contribution in [3.63, 3.8) is 0 Å². The summed E-state index contributed by atoms with van der Waals surface area (Å²) in [5, 5.41) is 13.9. The van der Waals surface area contributed by atoms with Crippen LogP contribution in [0.3, 0.4) is 0 Å². The molecular formula is C29H29N5O4. The van der Waals surface area contributed by atoms with Crippen LogP contribution in [0.5, 0.6) is 23.1 Å². The summed E-state index contributed by atoms with van der Waals surface area (Å²) in [5.41, 5.74) is 2.49. The van der Waals surface area contributed by atoms with Crippen molar-refractivity contribution in [3.8, 4) is 29.2 Å². The summed E-state index contributed by atoms with van der Waals surface area (Å²) in [4.78, 5) is 11.1. The van der Waals surface area contributed by atoms with Crippen LogP contribution in [-0.2, 0) is 4.74 Å². The van der Waals surface area contributed by atoms with Gasteiger partial charge in [0.25, 0.3) is 0 Å². The summed E-state index contributed by atoms with van der Waals surface area (Å²) in [6.45, 7) is 5.01. The first-order valence-electron chi connectivity index (χ1n) is 12.5. The Hall–Kier alpha value is -4.39. The van der Waals surface area contributed by atoms with Crippen LogP contribution in [-0.4, -0.2) is 61.4 Å². The summed E-state index contributed by atoms with van der Waals surface area (Å²) in [7, 11) is 1.60. The Balaban J connectivity index is 1.33. The molecular weight excluding hydrogens is 482 g/mol. The van der Waals surface area contributed by atoms with Gasteiger partial charge in [0.05, 0.1) is 38.2 Å². The van der Waals surface area contributed by atoms with Gasteiger partial charge in [-0.3, -0.25) is 9.88 Å². The number of hydrogen-bond donors (Lipinski definition) is 1. The molecule has 0 bridgehead atoms. The molecule has 2 aromatic carbocycles. The van der Waals surface area contributed by atoms with Crippen molar-refractivity contribution >= 4 is 22.3 Å². The highest BCUT2D eigenvalue weighted by Crippen LogP contribution is 2.39. The molecule has 38 heavy (non-hydrogen) atoms.